The summed E-state index contributed by atoms with van der Waals surface area (Å²) >= 11 is 0. The second-order valence-corrected chi connectivity index (χ2v) is 13.7. The monoisotopic (exact) mass is 556 g/mol. The molecule has 1 aromatic carbocycles. The zero-order valence-electron chi connectivity index (χ0n) is 24.9. The molecule has 7 heteroatoms. The molecule has 40 heavy (non-hydrogen) atoms. The first kappa shape index (κ1) is 29.4. The van der Waals surface area contributed by atoms with Crippen LogP contribution in [-0.2, 0) is 15.9 Å². The third-order valence-electron chi connectivity index (χ3n) is 10.7. The molecular formula is C33H48O7. The summed E-state index contributed by atoms with van der Waals surface area (Å²) < 4.78 is 18.7. The van der Waals surface area contributed by atoms with Gasteiger partial charge in [0.15, 0.2) is 0 Å². The van der Waals surface area contributed by atoms with E-state index in [4.69, 9.17) is 14.2 Å². The first-order chi connectivity index (χ1) is 18.9. The molecule has 0 spiro atoms. The molecule has 2 heterocycles. The van der Waals surface area contributed by atoms with E-state index in [9.17, 15) is 20.1 Å². The second kappa shape index (κ2) is 10.6. The van der Waals surface area contributed by atoms with Gasteiger partial charge >= 0.3 is 5.97 Å². The molecule has 7 atom stereocenters. The fourth-order valence-electron chi connectivity index (χ4n) is 8.25. The van der Waals surface area contributed by atoms with E-state index < -0.39 is 28.7 Å². The maximum absolute atomic E-state index is 12.9. The molecule has 4 aliphatic rings. The molecule has 1 aromatic rings. The molecule has 0 unspecified atom stereocenters. The number of methoxy groups -OCH3 is 1. The van der Waals surface area contributed by atoms with E-state index in [0.717, 1.165) is 48.8 Å². The van der Waals surface area contributed by atoms with E-state index in [-0.39, 0.29) is 47.5 Å². The van der Waals surface area contributed by atoms with Crippen LogP contribution < -0.4 is 4.74 Å². The molecule has 0 saturated heterocycles. The normalized spacial score (nSPS) is 36.0. The van der Waals surface area contributed by atoms with Crippen LogP contribution >= 0.6 is 0 Å². The van der Waals surface area contributed by atoms with Gasteiger partial charge in [0, 0.05) is 23.8 Å². The van der Waals surface area contributed by atoms with Gasteiger partial charge in [-0.25, -0.2) is 4.79 Å². The molecule has 2 aliphatic carbocycles. The zero-order chi connectivity index (χ0) is 29.0. The number of aromatic hydroxyl groups is 1. The molecule has 2 aliphatic heterocycles. The molecule has 0 aromatic heterocycles. The Bertz CT molecular complexity index is 1160. The van der Waals surface area contributed by atoms with E-state index >= 15 is 0 Å². The van der Waals surface area contributed by atoms with E-state index in [1.807, 2.05) is 20.8 Å². The summed E-state index contributed by atoms with van der Waals surface area (Å²) in [6, 6.07) is 1.69. The fourth-order valence-corrected chi connectivity index (χ4v) is 8.25. The lowest BCUT2D eigenvalue weighted by molar-refractivity contribution is -0.253. The highest BCUT2D eigenvalue weighted by atomic mass is 16.5. The average Bonchev–Trinajstić information content (AvgIpc) is 2.91. The van der Waals surface area contributed by atoms with Gasteiger partial charge in [-0.15, -0.1) is 0 Å². The highest BCUT2D eigenvalue weighted by Gasteiger charge is 2.66. The van der Waals surface area contributed by atoms with Crippen LogP contribution in [0.15, 0.2) is 18.2 Å². The van der Waals surface area contributed by atoms with Gasteiger partial charge in [-0.3, -0.25) is 0 Å². The Morgan fingerprint density at radius 2 is 1.90 bits per heavy atom. The topological polar surface area (TPSA) is 105 Å². The third-order valence-corrected chi connectivity index (χ3v) is 10.7. The van der Waals surface area contributed by atoms with Crippen molar-refractivity contribution < 1.29 is 34.3 Å². The maximum Gasteiger partial charge on any atom is 0.345 e. The lowest BCUT2D eigenvalue weighted by Crippen LogP contribution is -2.69. The number of hydrogen-bond acceptors (Lipinski definition) is 7. The van der Waals surface area contributed by atoms with Crippen LogP contribution in [0.5, 0.6) is 11.5 Å². The summed E-state index contributed by atoms with van der Waals surface area (Å²) in [6.07, 6.45) is 8.32. The Labute approximate surface area is 238 Å². The maximum atomic E-state index is 12.9. The van der Waals surface area contributed by atoms with Crippen molar-refractivity contribution in [3.05, 3.63) is 34.9 Å². The zero-order valence-corrected chi connectivity index (χ0v) is 24.9. The lowest BCUT2D eigenvalue weighted by atomic mass is 9.48. The van der Waals surface area contributed by atoms with Crippen LogP contribution in [0.4, 0.5) is 0 Å². The van der Waals surface area contributed by atoms with Gasteiger partial charge in [0.05, 0.1) is 25.4 Å². The van der Waals surface area contributed by atoms with Crippen molar-refractivity contribution >= 4 is 5.97 Å². The predicted octanol–water partition coefficient (Wildman–Crippen LogP) is 6.17. The van der Waals surface area contributed by atoms with E-state index in [1.54, 1.807) is 6.07 Å². The SMILES string of the molecule is C=C1CC[C@H]2[C@@H]3O[C@H](CCCCCCC)Cc4cc(O)c(C(=O)OC)c(c43)O[C@]2(C)C[C@H](O)[C@]2(O)[C@@H]1CC2(C)C. The number of rotatable bonds is 7. The van der Waals surface area contributed by atoms with Crippen LogP contribution in [0.3, 0.4) is 0 Å². The van der Waals surface area contributed by atoms with Gasteiger partial charge in [-0.05, 0) is 56.1 Å². The van der Waals surface area contributed by atoms with Gasteiger partial charge in [0.1, 0.15) is 28.3 Å². The van der Waals surface area contributed by atoms with E-state index in [2.05, 4.69) is 13.5 Å². The fraction of sp³-hybridized carbons (Fsp3) is 0.727. The molecule has 7 nitrogen and oxygen atoms in total. The summed E-state index contributed by atoms with van der Waals surface area (Å²) in [5, 5.41) is 34.6. The highest BCUT2D eigenvalue weighted by Crippen LogP contribution is 2.63. The van der Waals surface area contributed by atoms with Crippen molar-refractivity contribution in [2.45, 2.75) is 128 Å². The highest BCUT2D eigenvalue weighted by molar-refractivity contribution is 5.96. The Balaban J connectivity index is 1.57. The summed E-state index contributed by atoms with van der Waals surface area (Å²) in [4.78, 5) is 12.9. The summed E-state index contributed by atoms with van der Waals surface area (Å²) in [5.41, 5.74) is -0.0670. The van der Waals surface area contributed by atoms with Crippen molar-refractivity contribution in [3.8, 4) is 11.5 Å². The first-order valence-electron chi connectivity index (χ1n) is 15.3. The van der Waals surface area contributed by atoms with Gasteiger partial charge in [0.2, 0.25) is 0 Å². The molecule has 2 saturated carbocycles. The molecule has 0 radical (unpaired) electrons. The predicted molar refractivity (Wildman–Crippen MR) is 152 cm³/mol. The van der Waals surface area contributed by atoms with E-state index in [0.29, 0.717) is 12.8 Å². The smallest absolute Gasteiger partial charge is 0.345 e. The Morgan fingerprint density at radius 3 is 2.58 bits per heavy atom. The second-order valence-electron chi connectivity index (χ2n) is 13.7. The van der Waals surface area contributed by atoms with Crippen molar-refractivity contribution in [1.82, 2.24) is 0 Å². The molecule has 3 N–H and O–H groups in total. The van der Waals surface area contributed by atoms with Crippen molar-refractivity contribution in [3.63, 3.8) is 0 Å². The number of aliphatic hydroxyl groups excluding tert-OH is 1. The van der Waals surface area contributed by atoms with Crippen LogP contribution in [0.1, 0.15) is 119 Å². The van der Waals surface area contributed by atoms with E-state index in [1.165, 1.54) is 26.4 Å². The number of ether oxygens (including phenoxy) is 3. The summed E-state index contributed by atoms with van der Waals surface area (Å²) in [5.74, 6) is -0.885. The number of phenolic OH excluding ortho intramolecular Hbond substituents is 1. The van der Waals surface area contributed by atoms with Crippen LogP contribution in [0, 0.1) is 17.3 Å². The standard InChI is InChI=1S/C33H48O7/c1-7-8-9-10-11-12-21-15-20-16-24(34)27(30(36)38-6)29-26(20)28(39-21)22-14-13-19(2)23-17-31(3,4)33(23,37)25(35)18-32(22,5)40-29/h16,21-23,25,28,34-35,37H,2,7-15,17-18H2,1,3-6H3/t21-,22+,23-,25+,28+,32-,33-/m1/s1. The number of benzene rings is 1. The van der Waals surface area contributed by atoms with Gasteiger partial charge in [-0.1, -0.05) is 65.0 Å². The Morgan fingerprint density at radius 1 is 1.18 bits per heavy atom. The number of aliphatic hydroxyl groups is 2. The minimum Gasteiger partial charge on any atom is -0.507 e. The third kappa shape index (κ3) is 4.57. The number of carbonyl (C=O) groups is 1. The first-order valence-corrected chi connectivity index (χ1v) is 15.3. The quantitative estimate of drug-likeness (QED) is 0.210. The average molecular weight is 557 g/mol. The number of phenols is 1. The summed E-state index contributed by atoms with van der Waals surface area (Å²) in [6.45, 7) is 12.5. The number of hydrogen-bond donors (Lipinski definition) is 3. The van der Waals surface area contributed by atoms with Gasteiger partial charge in [-0.2, -0.15) is 0 Å². The largest absolute Gasteiger partial charge is 0.507 e. The van der Waals surface area contributed by atoms with Crippen molar-refractivity contribution in [1.29, 1.82) is 0 Å². The minimum absolute atomic E-state index is 0.00752. The van der Waals surface area contributed by atoms with Crippen LogP contribution in [-0.4, -0.2) is 51.8 Å². The summed E-state index contributed by atoms with van der Waals surface area (Å²) in [7, 11) is 1.29. The molecule has 2 fully saturated rings. The lowest BCUT2D eigenvalue weighted by Gasteiger charge is -2.62. The minimum atomic E-state index is -1.32. The molecular weight excluding hydrogens is 508 g/mol. The number of fused-ring (bicyclic) bond motifs is 3. The molecule has 0 bridgehead atoms. The van der Waals surface area contributed by atoms with Crippen molar-refractivity contribution in [2.75, 3.05) is 7.11 Å². The van der Waals surface area contributed by atoms with Crippen molar-refractivity contribution in [2.24, 2.45) is 17.3 Å². The van der Waals surface area contributed by atoms with Crippen LogP contribution in [0.25, 0.3) is 0 Å². The van der Waals surface area contributed by atoms with Gasteiger partial charge in [0.25, 0.3) is 0 Å². The molecule has 0 amide bonds. The van der Waals surface area contributed by atoms with Gasteiger partial charge < -0.3 is 29.5 Å². The number of carbonyl (C=O) groups excluding carboxylic acids is 1. The Hall–Kier alpha value is -2.09. The van der Waals surface area contributed by atoms with Crippen LogP contribution in [0.2, 0.25) is 0 Å². The number of unbranched alkanes of at least 4 members (excludes halogenated alkanes) is 4. The number of esters is 1. The molecule has 222 valence electrons. The molecule has 5 rings (SSSR count). The Kier molecular flexibility index (Phi) is 7.82.